The second-order valence-corrected chi connectivity index (χ2v) is 6.56. The summed E-state index contributed by atoms with van der Waals surface area (Å²) in [6, 6.07) is 12.0. The van der Waals surface area contributed by atoms with E-state index in [1.807, 2.05) is 30.3 Å². The van der Waals surface area contributed by atoms with E-state index in [0.29, 0.717) is 29.8 Å². The Balaban J connectivity index is 1.42. The first-order chi connectivity index (χ1) is 10.8. The number of nitrogens with one attached hydrogen (secondary N) is 1. The Hall–Kier alpha value is -1.72. The predicted octanol–water partition coefficient (Wildman–Crippen LogP) is 2.45. The molecule has 0 saturated carbocycles. The summed E-state index contributed by atoms with van der Waals surface area (Å²) in [5.74, 6) is 1.38. The number of rotatable bonds is 4. The van der Waals surface area contributed by atoms with Crippen molar-refractivity contribution < 1.29 is 4.52 Å². The Kier molecular flexibility index (Phi) is 3.68. The van der Waals surface area contributed by atoms with Crippen LogP contribution in [0.4, 0.5) is 0 Å². The number of nitrogens with zero attached hydrogens (tertiary/aromatic N) is 3. The zero-order valence-corrected chi connectivity index (χ0v) is 12.9. The van der Waals surface area contributed by atoms with E-state index in [0.717, 1.165) is 12.1 Å². The Morgan fingerprint density at radius 3 is 2.64 bits per heavy atom. The molecule has 2 atom stereocenters. The molecule has 5 heteroatoms. The molecular weight excluding hydrogens is 276 g/mol. The standard InChI is InChI=1S/C17H22N4O/c1-21(15-9-13-7-8-14(10-15)18-13)11-16-19-17(20-22-16)12-5-3-2-4-6-12/h2-6,13-15,18H,7-11H2,1H3. The Morgan fingerprint density at radius 2 is 1.91 bits per heavy atom. The fourth-order valence-electron chi connectivity index (χ4n) is 3.75. The first-order valence-corrected chi connectivity index (χ1v) is 8.12. The van der Waals surface area contributed by atoms with Gasteiger partial charge in [0.15, 0.2) is 0 Å². The fourth-order valence-corrected chi connectivity index (χ4v) is 3.75. The van der Waals surface area contributed by atoms with E-state index in [1.54, 1.807) is 0 Å². The summed E-state index contributed by atoms with van der Waals surface area (Å²) in [4.78, 5) is 6.90. The van der Waals surface area contributed by atoms with Gasteiger partial charge in [-0.3, -0.25) is 4.90 Å². The lowest BCUT2D eigenvalue weighted by molar-refractivity contribution is 0.150. The number of benzene rings is 1. The second kappa shape index (κ2) is 5.82. The van der Waals surface area contributed by atoms with Gasteiger partial charge < -0.3 is 9.84 Å². The maximum Gasteiger partial charge on any atom is 0.241 e. The lowest BCUT2D eigenvalue weighted by Crippen LogP contribution is -2.46. The van der Waals surface area contributed by atoms with Gasteiger partial charge in [-0.25, -0.2) is 0 Å². The zero-order valence-electron chi connectivity index (χ0n) is 12.9. The Bertz CT molecular complexity index is 615. The predicted molar refractivity (Wildman–Crippen MR) is 84.2 cm³/mol. The van der Waals surface area contributed by atoms with Crippen LogP contribution in [0.2, 0.25) is 0 Å². The van der Waals surface area contributed by atoms with Crippen molar-refractivity contribution in [2.24, 2.45) is 0 Å². The molecule has 0 amide bonds. The van der Waals surface area contributed by atoms with Crippen molar-refractivity contribution in [2.75, 3.05) is 7.05 Å². The van der Waals surface area contributed by atoms with Crippen molar-refractivity contribution in [1.82, 2.24) is 20.4 Å². The summed E-state index contributed by atoms with van der Waals surface area (Å²) < 4.78 is 5.43. The van der Waals surface area contributed by atoms with E-state index in [4.69, 9.17) is 4.52 Å². The molecule has 0 spiro atoms. The van der Waals surface area contributed by atoms with Crippen LogP contribution >= 0.6 is 0 Å². The molecule has 1 N–H and O–H groups in total. The molecular formula is C17H22N4O. The van der Waals surface area contributed by atoms with Gasteiger partial charge in [0.05, 0.1) is 6.54 Å². The number of hydrogen-bond donors (Lipinski definition) is 1. The minimum Gasteiger partial charge on any atom is -0.338 e. The van der Waals surface area contributed by atoms with Crippen LogP contribution in [0.5, 0.6) is 0 Å². The highest BCUT2D eigenvalue weighted by Crippen LogP contribution is 2.29. The molecule has 1 aromatic heterocycles. The van der Waals surface area contributed by atoms with E-state index in [1.165, 1.54) is 25.7 Å². The van der Waals surface area contributed by atoms with Gasteiger partial charge in [0.1, 0.15) is 0 Å². The van der Waals surface area contributed by atoms with Crippen molar-refractivity contribution >= 4 is 0 Å². The van der Waals surface area contributed by atoms with Crippen LogP contribution < -0.4 is 5.32 Å². The fraction of sp³-hybridized carbons (Fsp3) is 0.529. The van der Waals surface area contributed by atoms with Gasteiger partial charge in [-0.1, -0.05) is 35.5 Å². The van der Waals surface area contributed by atoms with E-state index in [9.17, 15) is 0 Å². The highest BCUT2D eigenvalue weighted by molar-refractivity contribution is 5.53. The Labute approximate surface area is 130 Å². The molecule has 2 fully saturated rings. The smallest absolute Gasteiger partial charge is 0.241 e. The summed E-state index contributed by atoms with van der Waals surface area (Å²) in [7, 11) is 2.17. The largest absolute Gasteiger partial charge is 0.338 e. The maximum absolute atomic E-state index is 5.43. The molecule has 2 aromatic rings. The average Bonchev–Trinajstić information content (AvgIpc) is 3.14. The minimum atomic E-state index is 0.617. The molecule has 22 heavy (non-hydrogen) atoms. The number of aromatic nitrogens is 2. The van der Waals surface area contributed by atoms with Crippen molar-refractivity contribution in [3.63, 3.8) is 0 Å². The molecule has 0 aliphatic carbocycles. The average molecular weight is 298 g/mol. The van der Waals surface area contributed by atoms with E-state index < -0.39 is 0 Å². The van der Waals surface area contributed by atoms with Gasteiger partial charge in [-0.15, -0.1) is 0 Å². The quantitative estimate of drug-likeness (QED) is 0.939. The van der Waals surface area contributed by atoms with E-state index in [2.05, 4.69) is 27.4 Å². The normalized spacial score (nSPS) is 27.5. The molecule has 1 aromatic carbocycles. The summed E-state index contributed by atoms with van der Waals surface area (Å²) >= 11 is 0. The monoisotopic (exact) mass is 298 g/mol. The van der Waals surface area contributed by atoms with Gasteiger partial charge in [0.25, 0.3) is 0 Å². The summed E-state index contributed by atoms with van der Waals surface area (Å²) in [5.41, 5.74) is 1.00. The summed E-state index contributed by atoms with van der Waals surface area (Å²) in [5, 5.41) is 7.79. The minimum absolute atomic E-state index is 0.617. The van der Waals surface area contributed by atoms with Gasteiger partial charge in [0.2, 0.25) is 11.7 Å². The van der Waals surface area contributed by atoms with Crippen LogP contribution in [-0.2, 0) is 6.54 Å². The van der Waals surface area contributed by atoms with Crippen LogP contribution in [0, 0.1) is 0 Å². The molecule has 0 radical (unpaired) electrons. The van der Waals surface area contributed by atoms with Crippen LogP contribution in [-0.4, -0.2) is 40.2 Å². The SMILES string of the molecule is CN(Cc1nc(-c2ccccc2)no1)C1CC2CCC(C1)N2. The maximum atomic E-state index is 5.43. The molecule has 4 rings (SSSR count). The lowest BCUT2D eigenvalue weighted by atomic mass is 9.98. The van der Waals surface area contributed by atoms with Gasteiger partial charge in [0, 0.05) is 23.7 Å². The molecule has 2 unspecified atom stereocenters. The third kappa shape index (κ3) is 2.78. The lowest BCUT2D eigenvalue weighted by Gasteiger charge is -2.34. The third-order valence-electron chi connectivity index (χ3n) is 4.96. The topological polar surface area (TPSA) is 54.2 Å². The highest BCUT2D eigenvalue weighted by atomic mass is 16.5. The van der Waals surface area contributed by atoms with E-state index in [-0.39, 0.29) is 0 Å². The van der Waals surface area contributed by atoms with Crippen molar-refractivity contribution in [3.05, 3.63) is 36.2 Å². The van der Waals surface area contributed by atoms with Crippen molar-refractivity contribution in [1.29, 1.82) is 0 Å². The molecule has 2 saturated heterocycles. The summed E-state index contributed by atoms with van der Waals surface area (Å²) in [6.07, 6.45) is 5.11. The molecule has 2 aliphatic heterocycles. The molecule has 3 heterocycles. The van der Waals surface area contributed by atoms with Crippen LogP contribution in [0.25, 0.3) is 11.4 Å². The number of hydrogen-bond acceptors (Lipinski definition) is 5. The molecule has 2 aliphatic rings. The highest BCUT2D eigenvalue weighted by Gasteiger charge is 2.35. The van der Waals surface area contributed by atoms with Crippen LogP contribution in [0.15, 0.2) is 34.9 Å². The molecule has 2 bridgehead atoms. The summed E-state index contributed by atoms with van der Waals surface area (Å²) in [6.45, 7) is 0.726. The van der Waals surface area contributed by atoms with Crippen molar-refractivity contribution in [3.8, 4) is 11.4 Å². The van der Waals surface area contributed by atoms with E-state index >= 15 is 0 Å². The zero-order chi connectivity index (χ0) is 14.9. The molecule has 5 nitrogen and oxygen atoms in total. The van der Waals surface area contributed by atoms with Crippen LogP contribution in [0.3, 0.4) is 0 Å². The van der Waals surface area contributed by atoms with Crippen molar-refractivity contribution in [2.45, 2.75) is 50.4 Å². The third-order valence-corrected chi connectivity index (χ3v) is 4.96. The van der Waals surface area contributed by atoms with Gasteiger partial charge in [-0.05, 0) is 32.7 Å². The van der Waals surface area contributed by atoms with Gasteiger partial charge in [-0.2, -0.15) is 4.98 Å². The van der Waals surface area contributed by atoms with Crippen LogP contribution in [0.1, 0.15) is 31.6 Å². The second-order valence-electron chi connectivity index (χ2n) is 6.56. The first-order valence-electron chi connectivity index (χ1n) is 8.12. The number of piperidine rings is 1. The molecule has 116 valence electrons. The number of fused-ring (bicyclic) bond motifs is 2. The Morgan fingerprint density at radius 1 is 1.18 bits per heavy atom. The van der Waals surface area contributed by atoms with Gasteiger partial charge >= 0.3 is 0 Å². The first kappa shape index (κ1) is 13.9.